The molecule has 0 spiro atoms. The molecule has 2 aromatic heterocycles. The summed E-state index contributed by atoms with van der Waals surface area (Å²) >= 11 is 12.0. The van der Waals surface area contributed by atoms with Crippen molar-refractivity contribution in [1.29, 1.82) is 0 Å². The molecule has 0 aliphatic heterocycles. The first-order valence-electron chi connectivity index (χ1n) is 7.53. The highest BCUT2D eigenvalue weighted by Gasteiger charge is 2.35. The van der Waals surface area contributed by atoms with E-state index in [1.54, 1.807) is 24.4 Å². The lowest BCUT2D eigenvalue weighted by Crippen LogP contribution is -2.14. The second kappa shape index (κ2) is 7.24. The topological polar surface area (TPSA) is 64.7 Å². The molecule has 6 nitrogen and oxygen atoms in total. The van der Waals surface area contributed by atoms with Crippen molar-refractivity contribution in [2.24, 2.45) is 7.05 Å². The van der Waals surface area contributed by atoms with Gasteiger partial charge in [-0.1, -0.05) is 29.3 Å². The number of alkyl halides is 3. The van der Waals surface area contributed by atoms with Crippen molar-refractivity contribution >= 4 is 34.9 Å². The molecule has 0 aliphatic rings. The number of carbonyl (C=O) groups is 1. The van der Waals surface area contributed by atoms with Crippen molar-refractivity contribution in [1.82, 2.24) is 19.6 Å². The average molecular weight is 418 g/mol. The maximum absolute atomic E-state index is 12.8. The van der Waals surface area contributed by atoms with E-state index >= 15 is 0 Å². The molecule has 0 radical (unpaired) electrons. The normalized spacial score (nSPS) is 11.6. The third-order valence-corrected chi connectivity index (χ3v) is 4.22. The average Bonchev–Trinajstić information content (AvgIpc) is 3.16. The quantitative estimate of drug-likeness (QED) is 0.690. The Hall–Kier alpha value is -2.52. The predicted octanol–water partition coefficient (Wildman–Crippen LogP) is 4.24. The number of amides is 1. The van der Waals surface area contributed by atoms with Crippen molar-refractivity contribution in [3.8, 4) is 0 Å². The number of nitrogens with one attached hydrogen (secondary N) is 1. The summed E-state index contributed by atoms with van der Waals surface area (Å²) in [4.78, 5) is 12.1. The standard InChI is InChI=1S/C16H12Cl2F3N5O/c1-25-13(16(19,20)21)7-12(23-25)15(27)22-14-4-5-26(24-14)8-9-2-3-10(17)6-11(9)18/h2-7H,8H2,1H3,(H,22,24,27). The van der Waals surface area contributed by atoms with Gasteiger partial charge in [-0.15, -0.1) is 0 Å². The Balaban J connectivity index is 1.71. The summed E-state index contributed by atoms with van der Waals surface area (Å²) in [5.41, 5.74) is -0.614. The van der Waals surface area contributed by atoms with Crippen LogP contribution in [0.2, 0.25) is 10.0 Å². The minimum atomic E-state index is -4.60. The molecule has 0 saturated carbocycles. The highest BCUT2D eigenvalue weighted by atomic mass is 35.5. The summed E-state index contributed by atoms with van der Waals surface area (Å²) in [7, 11) is 1.12. The van der Waals surface area contributed by atoms with E-state index in [-0.39, 0.29) is 11.5 Å². The van der Waals surface area contributed by atoms with E-state index in [9.17, 15) is 18.0 Å². The Labute approximate surface area is 161 Å². The van der Waals surface area contributed by atoms with Crippen molar-refractivity contribution in [3.63, 3.8) is 0 Å². The molecule has 2 heterocycles. The van der Waals surface area contributed by atoms with Crippen LogP contribution in [0.5, 0.6) is 0 Å². The van der Waals surface area contributed by atoms with Gasteiger partial charge in [-0.05, 0) is 17.7 Å². The second-order valence-corrected chi connectivity index (χ2v) is 6.47. The first-order valence-corrected chi connectivity index (χ1v) is 8.29. The number of rotatable bonds is 4. The van der Waals surface area contributed by atoms with Gasteiger partial charge in [0.05, 0.1) is 6.54 Å². The number of aryl methyl sites for hydroxylation is 1. The zero-order chi connectivity index (χ0) is 19.8. The summed E-state index contributed by atoms with van der Waals surface area (Å²) < 4.78 is 40.5. The van der Waals surface area contributed by atoms with Gasteiger partial charge in [0.1, 0.15) is 5.69 Å². The molecule has 3 aromatic rings. The van der Waals surface area contributed by atoms with Crippen LogP contribution in [0.3, 0.4) is 0 Å². The van der Waals surface area contributed by atoms with Crippen LogP contribution in [0.25, 0.3) is 0 Å². The monoisotopic (exact) mass is 417 g/mol. The number of halogens is 5. The van der Waals surface area contributed by atoms with Crippen LogP contribution in [0.1, 0.15) is 21.7 Å². The van der Waals surface area contributed by atoms with Crippen molar-refractivity contribution < 1.29 is 18.0 Å². The SMILES string of the molecule is Cn1nc(C(=O)Nc2ccn(Cc3ccc(Cl)cc3Cl)n2)cc1C(F)(F)F. The second-order valence-electron chi connectivity index (χ2n) is 5.62. The Bertz CT molecular complexity index is 996. The molecule has 142 valence electrons. The van der Waals surface area contributed by atoms with Gasteiger partial charge in [0.15, 0.2) is 11.5 Å². The maximum atomic E-state index is 12.8. The Kier molecular flexibility index (Phi) is 5.16. The molecule has 0 fully saturated rings. The molecule has 27 heavy (non-hydrogen) atoms. The van der Waals surface area contributed by atoms with E-state index in [0.717, 1.165) is 12.6 Å². The van der Waals surface area contributed by atoms with E-state index in [0.29, 0.717) is 27.3 Å². The summed E-state index contributed by atoms with van der Waals surface area (Å²) in [6.07, 6.45) is -3.00. The Morgan fingerprint density at radius 1 is 1.19 bits per heavy atom. The van der Waals surface area contributed by atoms with Crippen LogP contribution in [0, 0.1) is 0 Å². The molecular weight excluding hydrogens is 406 g/mol. The Morgan fingerprint density at radius 2 is 1.93 bits per heavy atom. The zero-order valence-electron chi connectivity index (χ0n) is 13.8. The van der Waals surface area contributed by atoms with Crippen LogP contribution in [-0.2, 0) is 19.8 Å². The number of benzene rings is 1. The molecule has 0 unspecified atom stereocenters. The van der Waals surface area contributed by atoms with Crippen LogP contribution in [0.15, 0.2) is 36.5 Å². The number of carbonyl (C=O) groups excluding carboxylic acids is 1. The zero-order valence-corrected chi connectivity index (χ0v) is 15.3. The smallest absolute Gasteiger partial charge is 0.304 e. The third-order valence-electron chi connectivity index (χ3n) is 3.63. The van der Waals surface area contributed by atoms with Gasteiger partial charge in [-0.2, -0.15) is 23.4 Å². The first kappa shape index (κ1) is 19.2. The fraction of sp³-hybridized carbons (Fsp3) is 0.188. The van der Waals surface area contributed by atoms with Crippen LogP contribution >= 0.6 is 23.2 Å². The number of hydrogen-bond acceptors (Lipinski definition) is 3. The van der Waals surface area contributed by atoms with Gasteiger partial charge in [-0.3, -0.25) is 14.2 Å². The number of nitrogens with zero attached hydrogens (tertiary/aromatic N) is 4. The van der Waals surface area contributed by atoms with Gasteiger partial charge in [0.25, 0.3) is 5.91 Å². The summed E-state index contributed by atoms with van der Waals surface area (Å²) in [6, 6.07) is 7.23. The maximum Gasteiger partial charge on any atom is 0.433 e. The molecule has 1 amide bonds. The fourth-order valence-electron chi connectivity index (χ4n) is 2.36. The Morgan fingerprint density at radius 3 is 2.56 bits per heavy atom. The highest BCUT2D eigenvalue weighted by Crippen LogP contribution is 2.29. The third kappa shape index (κ3) is 4.42. The van der Waals surface area contributed by atoms with E-state index in [4.69, 9.17) is 23.2 Å². The van der Waals surface area contributed by atoms with Crippen molar-refractivity contribution in [2.75, 3.05) is 5.32 Å². The minimum Gasteiger partial charge on any atom is -0.304 e. The predicted molar refractivity (Wildman–Crippen MR) is 94.0 cm³/mol. The lowest BCUT2D eigenvalue weighted by Gasteiger charge is -2.05. The summed E-state index contributed by atoms with van der Waals surface area (Å²) in [6.45, 7) is 0.327. The number of hydrogen-bond donors (Lipinski definition) is 1. The summed E-state index contributed by atoms with van der Waals surface area (Å²) in [5, 5.41) is 11.1. The molecule has 3 rings (SSSR count). The van der Waals surface area contributed by atoms with Gasteiger partial charge in [0.2, 0.25) is 0 Å². The molecule has 0 aliphatic carbocycles. The van der Waals surface area contributed by atoms with Crippen LogP contribution in [0.4, 0.5) is 19.0 Å². The molecule has 0 saturated heterocycles. The van der Waals surface area contributed by atoms with Gasteiger partial charge in [0, 0.05) is 35.4 Å². The molecule has 0 atom stereocenters. The van der Waals surface area contributed by atoms with E-state index in [2.05, 4.69) is 15.5 Å². The van der Waals surface area contributed by atoms with Crippen molar-refractivity contribution in [3.05, 3.63) is 63.5 Å². The molecule has 1 aromatic carbocycles. The van der Waals surface area contributed by atoms with E-state index in [1.807, 2.05) is 0 Å². The number of anilines is 1. The van der Waals surface area contributed by atoms with Crippen LogP contribution in [-0.4, -0.2) is 25.5 Å². The lowest BCUT2D eigenvalue weighted by molar-refractivity contribution is -0.143. The highest BCUT2D eigenvalue weighted by molar-refractivity contribution is 6.35. The summed E-state index contributed by atoms with van der Waals surface area (Å²) in [5.74, 6) is -0.625. The minimum absolute atomic E-state index is 0.171. The van der Waals surface area contributed by atoms with E-state index in [1.165, 1.54) is 10.7 Å². The largest absolute Gasteiger partial charge is 0.433 e. The number of aromatic nitrogens is 4. The lowest BCUT2D eigenvalue weighted by atomic mass is 10.2. The first-order chi connectivity index (χ1) is 12.6. The van der Waals surface area contributed by atoms with Gasteiger partial charge in [-0.25, -0.2) is 0 Å². The van der Waals surface area contributed by atoms with Crippen LogP contribution < -0.4 is 5.32 Å². The molecule has 0 bridgehead atoms. The molecule has 11 heteroatoms. The fourth-order valence-corrected chi connectivity index (χ4v) is 2.83. The van der Waals surface area contributed by atoms with Crippen molar-refractivity contribution in [2.45, 2.75) is 12.7 Å². The molecule has 1 N–H and O–H groups in total. The molecular formula is C16H12Cl2F3N5O. The van der Waals surface area contributed by atoms with Gasteiger partial charge < -0.3 is 5.32 Å². The van der Waals surface area contributed by atoms with E-state index < -0.39 is 17.8 Å². The van der Waals surface area contributed by atoms with Gasteiger partial charge >= 0.3 is 6.18 Å².